The number of nitrogens with one attached hydrogen (secondary N) is 3. The Hall–Kier alpha value is -2.38. The zero-order valence-electron chi connectivity index (χ0n) is 18.6. The summed E-state index contributed by atoms with van der Waals surface area (Å²) in [5, 5.41) is 25.8. The molecule has 0 aromatic heterocycles. The second-order valence-corrected chi connectivity index (χ2v) is 8.71. The van der Waals surface area contributed by atoms with Gasteiger partial charge in [0.05, 0.1) is 12.6 Å². The quantitative estimate of drug-likeness (QED) is 0.129. The fourth-order valence-electron chi connectivity index (χ4n) is 2.64. The topological polar surface area (TPSA) is 214 Å². The molecule has 0 fully saturated rings. The van der Waals surface area contributed by atoms with Gasteiger partial charge in [-0.05, 0) is 37.2 Å². The van der Waals surface area contributed by atoms with Crippen LogP contribution in [-0.2, 0) is 24.0 Å². The van der Waals surface area contributed by atoms with Crippen molar-refractivity contribution in [2.24, 2.45) is 17.4 Å². The van der Waals surface area contributed by atoms with Crippen molar-refractivity contribution in [1.29, 1.82) is 0 Å². The van der Waals surface area contributed by atoms with Crippen LogP contribution in [0.2, 0.25) is 0 Å². The highest BCUT2D eigenvalue weighted by atomic mass is 32.2. The second kappa shape index (κ2) is 15.4. The molecular formula is C19H35N5O7S. The average molecular weight is 478 g/mol. The summed E-state index contributed by atoms with van der Waals surface area (Å²) in [5.41, 5.74) is 10.8. The first-order valence-corrected chi connectivity index (χ1v) is 11.6. The zero-order valence-corrected chi connectivity index (χ0v) is 19.4. The van der Waals surface area contributed by atoms with Crippen LogP contribution >= 0.6 is 11.8 Å². The summed E-state index contributed by atoms with van der Waals surface area (Å²) in [6.07, 6.45) is 2.03. The maximum absolute atomic E-state index is 12.7. The normalized spacial score (nSPS) is 14.7. The number of aliphatic hydroxyl groups excluding tert-OH is 1. The van der Waals surface area contributed by atoms with E-state index < -0.39 is 60.4 Å². The van der Waals surface area contributed by atoms with Crippen LogP contribution in [0, 0.1) is 5.92 Å². The predicted octanol–water partition coefficient (Wildman–Crippen LogP) is -2.09. The van der Waals surface area contributed by atoms with Gasteiger partial charge in [-0.3, -0.25) is 19.2 Å². The smallest absolute Gasteiger partial charge is 0.326 e. The third-order valence-corrected chi connectivity index (χ3v) is 5.06. The summed E-state index contributed by atoms with van der Waals surface area (Å²) in [6.45, 7) is 2.87. The third kappa shape index (κ3) is 11.9. The van der Waals surface area contributed by atoms with Crippen LogP contribution in [0.15, 0.2) is 0 Å². The fraction of sp³-hybridized carbons (Fsp3) is 0.737. The standard InChI is InChI=1S/C19H35N5O7S/c1-10(2)8-13(23-16(27)11(20)6-7-32-3)17(28)24-14(9-25)18(29)22-12(19(30)31)4-5-15(21)26/h10-14,25H,4-9,20H2,1-3H3,(H2,21,26)(H,22,29)(H,23,27)(H,24,28)(H,30,31). The first kappa shape index (κ1) is 29.6. The van der Waals surface area contributed by atoms with E-state index in [0.717, 1.165) is 0 Å². The highest BCUT2D eigenvalue weighted by molar-refractivity contribution is 7.98. The van der Waals surface area contributed by atoms with Crippen LogP contribution in [0.4, 0.5) is 0 Å². The molecule has 4 atom stereocenters. The van der Waals surface area contributed by atoms with E-state index in [1.807, 2.05) is 20.1 Å². The second-order valence-electron chi connectivity index (χ2n) is 7.73. The average Bonchev–Trinajstić information content (AvgIpc) is 2.71. The lowest BCUT2D eigenvalue weighted by Gasteiger charge is -2.25. The van der Waals surface area contributed by atoms with E-state index >= 15 is 0 Å². The van der Waals surface area contributed by atoms with Crippen molar-refractivity contribution in [3.05, 3.63) is 0 Å². The van der Waals surface area contributed by atoms with Crippen LogP contribution in [0.5, 0.6) is 0 Å². The Morgan fingerprint density at radius 1 is 0.906 bits per heavy atom. The molecule has 12 nitrogen and oxygen atoms in total. The first-order chi connectivity index (χ1) is 14.9. The monoisotopic (exact) mass is 477 g/mol. The summed E-state index contributed by atoms with van der Waals surface area (Å²) >= 11 is 1.53. The van der Waals surface area contributed by atoms with Gasteiger partial charge in [0.2, 0.25) is 23.6 Å². The van der Waals surface area contributed by atoms with Gasteiger partial charge < -0.3 is 37.6 Å². The number of aliphatic hydroxyl groups is 1. The van der Waals surface area contributed by atoms with E-state index in [9.17, 15) is 34.2 Å². The largest absolute Gasteiger partial charge is 0.480 e. The number of rotatable bonds is 16. The van der Waals surface area contributed by atoms with Crippen molar-refractivity contribution in [2.75, 3.05) is 18.6 Å². The molecule has 0 radical (unpaired) electrons. The number of nitrogens with two attached hydrogens (primary N) is 2. The van der Waals surface area contributed by atoms with Gasteiger partial charge in [-0.1, -0.05) is 13.8 Å². The number of carboxylic acids is 1. The lowest BCUT2D eigenvalue weighted by Crippen LogP contribution is -2.58. The fourth-order valence-corrected chi connectivity index (χ4v) is 3.13. The van der Waals surface area contributed by atoms with E-state index in [2.05, 4.69) is 16.0 Å². The molecule has 0 aliphatic carbocycles. The summed E-state index contributed by atoms with van der Waals surface area (Å²) in [7, 11) is 0. The lowest BCUT2D eigenvalue weighted by molar-refractivity contribution is -0.143. The molecule has 0 aromatic rings. The number of hydrogen-bond acceptors (Lipinski definition) is 8. The lowest BCUT2D eigenvalue weighted by atomic mass is 10.0. The maximum Gasteiger partial charge on any atom is 0.326 e. The number of amides is 4. The molecule has 0 saturated carbocycles. The van der Waals surface area contributed by atoms with Crippen molar-refractivity contribution >= 4 is 41.4 Å². The van der Waals surface area contributed by atoms with E-state index in [1.165, 1.54) is 11.8 Å². The number of thioether (sulfide) groups is 1. The van der Waals surface area contributed by atoms with Crippen molar-refractivity contribution in [3.63, 3.8) is 0 Å². The highest BCUT2D eigenvalue weighted by Crippen LogP contribution is 2.07. The molecule has 13 heteroatoms. The molecule has 0 bridgehead atoms. The highest BCUT2D eigenvalue weighted by Gasteiger charge is 2.30. The number of primary amides is 1. The number of hydrogen-bond donors (Lipinski definition) is 7. The summed E-state index contributed by atoms with van der Waals surface area (Å²) in [6, 6.07) is -4.70. The summed E-state index contributed by atoms with van der Waals surface area (Å²) < 4.78 is 0. The Balaban J connectivity index is 5.19. The Kier molecular flexibility index (Phi) is 14.3. The van der Waals surface area contributed by atoms with E-state index in [4.69, 9.17) is 11.5 Å². The van der Waals surface area contributed by atoms with Crippen LogP contribution in [0.1, 0.15) is 39.5 Å². The third-order valence-electron chi connectivity index (χ3n) is 4.42. The van der Waals surface area contributed by atoms with Crippen LogP contribution in [-0.4, -0.2) is 82.6 Å². The Labute approximate surface area is 191 Å². The van der Waals surface area contributed by atoms with Crippen molar-refractivity contribution in [1.82, 2.24) is 16.0 Å². The minimum absolute atomic E-state index is 0.0139. The molecule has 0 rings (SSSR count). The molecule has 0 saturated heterocycles. The Bertz CT molecular complexity index is 662. The molecule has 184 valence electrons. The minimum Gasteiger partial charge on any atom is -0.480 e. The molecule has 4 unspecified atom stereocenters. The van der Waals surface area contributed by atoms with Crippen LogP contribution in [0.25, 0.3) is 0 Å². The van der Waals surface area contributed by atoms with Crippen LogP contribution < -0.4 is 27.4 Å². The van der Waals surface area contributed by atoms with Gasteiger partial charge in [-0.25, -0.2) is 4.79 Å². The number of carboxylic acid groups (broad SMARTS) is 1. The molecule has 0 aromatic carbocycles. The van der Waals surface area contributed by atoms with Gasteiger partial charge in [0.15, 0.2) is 0 Å². The van der Waals surface area contributed by atoms with E-state index in [0.29, 0.717) is 12.2 Å². The number of aliphatic carboxylic acids is 1. The Morgan fingerprint density at radius 2 is 1.44 bits per heavy atom. The number of carbonyl (C=O) groups excluding carboxylic acids is 4. The maximum atomic E-state index is 12.7. The van der Waals surface area contributed by atoms with Crippen molar-refractivity contribution in [2.45, 2.75) is 63.7 Å². The van der Waals surface area contributed by atoms with Gasteiger partial charge in [-0.2, -0.15) is 11.8 Å². The predicted molar refractivity (Wildman–Crippen MR) is 119 cm³/mol. The molecular weight excluding hydrogens is 442 g/mol. The van der Waals surface area contributed by atoms with Gasteiger partial charge in [-0.15, -0.1) is 0 Å². The molecule has 0 heterocycles. The van der Waals surface area contributed by atoms with Crippen molar-refractivity contribution < 1.29 is 34.2 Å². The van der Waals surface area contributed by atoms with E-state index in [-0.39, 0.29) is 25.2 Å². The zero-order chi connectivity index (χ0) is 24.8. The molecule has 4 amide bonds. The summed E-state index contributed by atoms with van der Waals surface area (Å²) in [4.78, 5) is 59.6. The van der Waals surface area contributed by atoms with Gasteiger partial charge in [0.1, 0.15) is 18.1 Å². The SMILES string of the molecule is CSCCC(N)C(=O)NC(CC(C)C)C(=O)NC(CO)C(=O)NC(CCC(N)=O)C(=O)O. The molecule has 0 aliphatic rings. The molecule has 9 N–H and O–H groups in total. The minimum atomic E-state index is -1.46. The van der Waals surface area contributed by atoms with Gasteiger partial charge in [0, 0.05) is 6.42 Å². The van der Waals surface area contributed by atoms with Gasteiger partial charge in [0.25, 0.3) is 0 Å². The summed E-state index contributed by atoms with van der Waals surface area (Å²) in [5.74, 6) is -3.64. The van der Waals surface area contributed by atoms with Crippen LogP contribution in [0.3, 0.4) is 0 Å². The van der Waals surface area contributed by atoms with E-state index in [1.54, 1.807) is 0 Å². The van der Waals surface area contributed by atoms with Crippen molar-refractivity contribution in [3.8, 4) is 0 Å². The molecule has 32 heavy (non-hydrogen) atoms. The Morgan fingerprint density at radius 3 is 1.91 bits per heavy atom. The first-order valence-electron chi connectivity index (χ1n) is 10.2. The molecule has 0 spiro atoms. The molecule has 0 aliphatic heterocycles. The van der Waals surface area contributed by atoms with Gasteiger partial charge >= 0.3 is 5.97 Å². The number of carbonyl (C=O) groups is 5.